The summed E-state index contributed by atoms with van der Waals surface area (Å²) in [6.07, 6.45) is 0. The molecule has 0 bridgehead atoms. The molecule has 4 aromatic rings. The van der Waals surface area contributed by atoms with Crippen molar-refractivity contribution in [3.8, 4) is 11.1 Å². The predicted molar refractivity (Wildman–Crippen MR) is 111 cm³/mol. The van der Waals surface area contributed by atoms with E-state index in [0.717, 1.165) is 0 Å². The lowest BCUT2D eigenvalue weighted by molar-refractivity contribution is 0.102. The number of carbonyl (C=O) groups excluding carboxylic acids is 2. The molecule has 0 saturated carbocycles. The maximum atomic E-state index is 13.3. The monoisotopic (exact) mass is 429 g/mol. The number of carbonyl (C=O) groups is 2. The minimum atomic E-state index is -0.464. The van der Waals surface area contributed by atoms with Gasteiger partial charge in [0.2, 0.25) is 0 Å². The summed E-state index contributed by atoms with van der Waals surface area (Å²) in [5, 5.41) is 0.594. The molecular weight excluding hydrogens is 418 g/mol. The number of fused-ring (bicyclic) bond motifs is 2. The van der Waals surface area contributed by atoms with Crippen LogP contribution in [-0.2, 0) is 0 Å². The van der Waals surface area contributed by atoms with Crippen LogP contribution in [0.2, 0.25) is 0 Å². The van der Waals surface area contributed by atoms with Crippen LogP contribution in [0, 0.1) is 0 Å². The first-order chi connectivity index (χ1) is 13.6. The van der Waals surface area contributed by atoms with Crippen molar-refractivity contribution in [2.75, 3.05) is 0 Å². The number of aromatic nitrogens is 1. The molecular formula is C23H12BrNO3. The van der Waals surface area contributed by atoms with Crippen molar-refractivity contribution < 1.29 is 9.59 Å². The van der Waals surface area contributed by atoms with Crippen molar-refractivity contribution in [1.82, 2.24) is 4.98 Å². The highest BCUT2D eigenvalue weighted by Gasteiger charge is 2.32. The van der Waals surface area contributed by atoms with Gasteiger partial charge in [-0.2, -0.15) is 0 Å². The second-order valence-corrected chi connectivity index (χ2v) is 7.47. The molecule has 0 aliphatic heterocycles. The molecule has 0 radical (unpaired) electrons. The summed E-state index contributed by atoms with van der Waals surface area (Å²) in [6, 6.07) is 19.3. The molecule has 134 valence electrons. The number of rotatable bonds is 2. The smallest absolute Gasteiger partial charge is 0.260 e. The highest BCUT2D eigenvalue weighted by molar-refractivity contribution is 9.10. The molecule has 1 aliphatic rings. The Hall–Kier alpha value is -3.31. The van der Waals surface area contributed by atoms with Gasteiger partial charge in [0.05, 0.1) is 5.56 Å². The zero-order chi connectivity index (χ0) is 19.4. The number of H-pyrrole nitrogens is 1. The Morgan fingerprint density at radius 3 is 2.21 bits per heavy atom. The van der Waals surface area contributed by atoms with Crippen LogP contribution in [0.15, 0.2) is 76.0 Å². The third-order valence-corrected chi connectivity index (χ3v) is 5.72. The molecule has 1 aliphatic carbocycles. The molecule has 5 rings (SSSR count). The molecule has 1 N–H and O–H groups in total. The molecule has 1 aromatic heterocycles. The first-order valence-corrected chi connectivity index (χ1v) is 9.49. The third-order valence-electron chi connectivity index (χ3n) is 5.06. The molecule has 28 heavy (non-hydrogen) atoms. The first-order valence-electron chi connectivity index (χ1n) is 8.70. The Morgan fingerprint density at radius 1 is 0.786 bits per heavy atom. The molecule has 4 nitrogen and oxygen atoms in total. The largest absolute Gasteiger partial charge is 0.321 e. The number of benzene rings is 3. The Balaban J connectivity index is 1.99. The second-order valence-electron chi connectivity index (χ2n) is 6.62. The van der Waals surface area contributed by atoms with Gasteiger partial charge in [0, 0.05) is 37.6 Å². The molecule has 0 fully saturated rings. The number of halogens is 1. The van der Waals surface area contributed by atoms with E-state index in [1.807, 2.05) is 6.07 Å². The quantitative estimate of drug-likeness (QED) is 0.412. The summed E-state index contributed by atoms with van der Waals surface area (Å²) in [5.74, 6) is -0.500. The average Bonchev–Trinajstić information content (AvgIpc) is 2.72. The van der Waals surface area contributed by atoms with E-state index in [-0.39, 0.29) is 17.1 Å². The summed E-state index contributed by atoms with van der Waals surface area (Å²) in [6.45, 7) is 0. The van der Waals surface area contributed by atoms with Crippen molar-refractivity contribution in [1.29, 1.82) is 0 Å². The van der Waals surface area contributed by atoms with Gasteiger partial charge in [-0.1, -0.05) is 70.5 Å². The highest BCUT2D eigenvalue weighted by Crippen LogP contribution is 2.42. The number of aromatic amines is 1. The van der Waals surface area contributed by atoms with E-state index in [4.69, 9.17) is 0 Å². The van der Waals surface area contributed by atoms with Gasteiger partial charge < -0.3 is 4.98 Å². The molecule has 0 amide bonds. The van der Waals surface area contributed by atoms with Crippen LogP contribution in [0.1, 0.15) is 31.8 Å². The van der Waals surface area contributed by atoms with E-state index in [9.17, 15) is 14.4 Å². The standard InChI is InChI=1S/C23H12BrNO3/c24-15-10-11-16-19-17(13-8-4-5-9-14(13)22(27)18(15)19)20(23(28)25-16)21(26)12-6-2-1-3-7-12/h1-11H,(H,25,28). The Labute approximate surface area is 168 Å². The zero-order valence-corrected chi connectivity index (χ0v) is 16.0. The van der Waals surface area contributed by atoms with E-state index in [1.165, 1.54) is 0 Å². The van der Waals surface area contributed by atoms with Crippen LogP contribution >= 0.6 is 15.9 Å². The van der Waals surface area contributed by atoms with Gasteiger partial charge >= 0.3 is 0 Å². The lowest BCUT2D eigenvalue weighted by Gasteiger charge is -2.22. The summed E-state index contributed by atoms with van der Waals surface area (Å²) in [5.41, 5.74) is 2.61. The number of ketones is 2. The fourth-order valence-corrected chi connectivity index (χ4v) is 4.35. The van der Waals surface area contributed by atoms with E-state index < -0.39 is 5.56 Å². The maximum Gasteiger partial charge on any atom is 0.260 e. The van der Waals surface area contributed by atoms with Crippen LogP contribution in [0.25, 0.3) is 22.0 Å². The topological polar surface area (TPSA) is 67.0 Å². The van der Waals surface area contributed by atoms with Crippen LogP contribution in [0.5, 0.6) is 0 Å². The van der Waals surface area contributed by atoms with Crippen molar-refractivity contribution in [2.24, 2.45) is 0 Å². The normalized spacial score (nSPS) is 12.1. The summed E-state index contributed by atoms with van der Waals surface area (Å²) < 4.78 is 0.630. The van der Waals surface area contributed by atoms with Crippen molar-refractivity contribution >= 4 is 38.4 Å². The highest BCUT2D eigenvalue weighted by atomic mass is 79.9. The van der Waals surface area contributed by atoms with Gasteiger partial charge in [-0.15, -0.1) is 0 Å². The van der Waals surface area contributed by atoms with Gasteiger partial charge in [0.15, 0.2) is 11.6 Å². The third kappa shape index (κ3) is 2.26. The predicted octanol–water partition coefficient (Wildman–Crippen LogP) is 4.73. The van der Waals surface area contributed by atoms with Crippen LogP contribution < -0.4 is 5.56 Å². The molecule has 0 unspecified atom stereocenters. The molecule has 5 heteroatoms. The second kappa shape index (κ2) is 6.11. The van der Waals surface area contributed by atoms with Crippen molar-refractivity contribution in [3.63, 3.8) is 0 Å². The summed E-state index contributed by atoms with van der Waals surface area (Å²) in [4.78, 5) is 42.2. The molecule has 1 heterocycles. The Morgan fingerprint density at radius 2 is 1.46 bits per heavy atom. The fourth-order valence-electron chi connectivity index (χ4n) is 3.84. The van der Waals surface area contributed by atoms with Gasteiger partial charge in [0.1, 0.15) is 0 Å². The molecule has 0 spiro atoms. The van der Waals surface area contributed by atoms with Crippen LogP contribution in [0.4, 0.5) is 0 Å². The van der Waals surface area contributed by atoms with Gasteiger partial charge in [-0.05, 0) is 17.7 Å². The van der Waals surface area contributed by atoms with E-state index in [2.05, 4.69) is 20.9 Å². The Kier molecular flexibility index (Phi) is 3.67. The van der Waals surface area contributed by atoms with Crippen molar-refractivity contribution in [3.05, 3.63) is 104 Å². The summed E-state index contributed by atoms with van der Waals surface area (Å²) >= 11 is 3.47. The Bertz CT molecular complexity index is 1370. The number of pyridine rings is 1. The van der Waals surface area contributed by atoms with Crippen LogP contribution in [-0.4, -0.2) is 16.6 Å². The molecule has 3 aromatic carbocycles. The van der Waals surface area contributed by atoms with Crippen molar-refractivity contribution in [2.45, 2.75) is 0 Å². The van der Waals surface area contributed by atoms with Gasteiger partial charge in [-0.3, -0.25) is 14.4 Å². The molecule has 0 atom stereocenters. The first kappa shape index (κ1) is 16.8. The van der Waals surface area contributed by atoms with Crippen LogP contribution in [0.3, 0.4) is 0 Å². The van der Waals surface area contributed by atoms with Gasteiger partial charge in [-0.25, -0.2) is 0 Å². The number of nitrogens with one attached hydrogen (secondary N) is 1. The minimum absolute atomic E-state index is 0.0537. The maximum absolute atomic E-state index is 13.3. The van der Waals surface area contributed by atoms with E-state index in [1.54, 1.807) is 60.7 Å². The SMILES string of the molecule is O=C(c1ccccc1)c1c2c3c(c(Br)ccc3[nH]c1=O)C(=O)c1ccccc1-2. The number of hydrogen-bond acceptors (Lipinski definition) is 3. The number of hydrogen-bond donors (Lipinski definition) is 1. The average molecular weight is 430 g/mol. The van der Waals surface area contributed by atoms with E-state index >= 15 is 0 Å². The molecule has 0 saturated heterocycles. The minimum Gasteiger partial charge on any atom is -0.321 e. The van der Waals surface area contributed by atoms with Gasteiger partial charge in [0.25, 0.3) is 5.56 Å². The lowest BCUT2D eigenvalue weighted by Crippen LogP contribution is -2.23. The fraction of sp³-hybridized carbons (Fsp3) is 0. The lowest BCUT2D eigenvalue weighted by atomic mass is 9.81. The summed E-state index contributed by atoms with van der Waals surface area (Å²) in [7, 11) is 0. The van der Waals surface area contributed by atoms with E-state index in [0.29, 0.717) is 43.2 Å². The zero-order valence-electron chi connectivity index (χ0n) is 14.5.